The van der Waals surface area contributed by atoms with Crippen LogP contribution in [-0.4, -0.2) is 45.5 Å². The number of ether oxygens (including phenoxy) is 1. The number of benzene rings is 1. The molecule has 0 aliphatic carbocycles. The summed E-state index contributed by atoms with van der Waals surface area (Å²) in [5.41, 5.74) is 2.62. The highest BCUT2D eigenvalue weighted by Gasteiger charge is 2.35. The second-order valence-corrected chi connectivity index (χ2v) is 9.77. The molecule has 1 amide bonds. The van der Waals surface area contributed by atoms with Crippen molar-refractivity contribution in [2.45, 2.75) is 31.9 Å². The quantitative estimate of drug-likeness (QED) is 0.433. The number of halogens is 1. The summed E-state index contributed by atoms with van der Waals surface area (Å²) in [6.07, 6.45) is 6.31. The molecule has 0 spiro atoms. The summed E-state index contributed by atoms with van der Waals surface area (Å²) in [7, 11) is 0. The number of hydrogen-bond donors (Lipinski definition) is 1. The molecule has 2 aliphatic rings. The van der Waals surface area contributed by atoms with E-state index in [0.717, 1.165) is 30.7 Å². The van der Waals surface area contributed by atoms with Crippen molar-refractivity contribution in [3.8, 4) is 17.5 Å². The molecule has 0 unspecified atom stereocenters. The molecule has 10 heteroatoms. The first-order valence-corrected chi connectivity index (χ1v) is 12.4. The van der Waals surface area contributed by atoms with E-state index in [1.165, 1.54) is 6.07 Å². The average molecular weight is 510 g/mol. The van der Waals surface area contributed by atoms with E-state index in [9.17, 15) is 14.4 Å². The number of pyridine rings is 2. The predicted octanol–water partition coefficient (Wildman–Crippen LogP) is 3.68. The molecular weight excluding hydrogens is 485 g/mol. The topological polar surface area (TPSA) is 117 Å². The standard InChI is InChI=1S/C28H24FN7O2/c1-28(15-30)16-38-14-20-21(28)7-18(8-22(20)29)27(37)33-11-19-9-24-17(10-32-19)3-4-23(34-24)25-12-31-13-26(35-25)36-5-2-6-36/h3-4,7-10,12-13H,2,5-6,11,14,16H2,1H3,(H,33,37)/t28-/m1/s1. The van der Waals surface area contributed by atoms with Gasteiger partial charge in [-0.1, -0.05) is 0 Å². The zero-order valence-corrected chi connectivity index (χ0v) is 20.7. The fourth-order valence-corrected chi connectivity index (χ4v) is 4.68. The average Bonchev–Trinajstić information content (AvgIpc) is 2.91. The van der Waals surface area contributed by atoms with E-state index < -0.39 is 17.1 Å². The van der Waals surface area contributed by atoms with Gasteiger partial charge in [0.25, 0.3) is 5.91 Å². The Bertz CT molecular complexity index is 1620. The Balaban J connectivity index is 1.22. The van der Waals surface area contributed by atoms with Crippen LogP contribution in [0.15, 0.2) is 48.9 Å². The molecule has 4 aromatic rings. The first kappa shape index (κ1) is 23.9. The van der Waals surface area contributed by atoms with Crippen LogP contribution in [0.1, 0.15) is 40.5 Å². The number of fused-ring (bicyclic) bond motifs is 2. The number of anilines is 1. The predicted molar refractivity (Wildman–Crippen MR) is 138 cm³/mol. The molecule has 0 radical (unpaired) electrons. The number of rotatable bonds is 5. The summed E-state index contributed by atoms with van der Waals surface area (Å²) in [5, 5.41) is 13.3. The third-order valence-corrected chi connectivity index (χ3v) is 7.06. The Morgan fingerprint density at radius 2 is 2.05 bits per heavy atom. The number of carbonyl (C=O) groups excluding carboxylic acids is 1. The molecule has 3 aromatic heterocycles. The first-order valence-electron chi connectivity index (χ1n) is 12.4. The van der Waals surface area contributed by atoms with Crippen LogP contribution in [-0.2, 0) is 23.3 Å². The Morgan fingerprint density at radius 3 is 2.84 bits per heavy atom. The molecule has 190 valence electrons. The van der Waals surface area contributed by atoms with Crippen LogP contribution in [0, 0.1) is 17.1 Å². The van der Waals surface area contributed by atoms with Crippen LogP contribution in [0.5, 0.6) is 0 Å². The second kappa shape index (κ2) is 9.43. The largest absolute Gasteiger partial charge is 0.375 e. The summed E-state index contributed by atoms with van der Waals surface area (Å²) >= 11 is 0. The molecule has 6 rings (SSSR count). The molecule has 9 nitrogen and oxygen atoms in total. The molecular formula is C28H24FN7O2. The van der Waals surface area contributed by atoms with E-state index >= 15 is 0 Å². The number of hydrogen-bond acceptors (Lipinski definition) is 8. The number of nitriles is 1. The number of carbonyl (C=O) groups is 1. The minimum atomic E-state index is -1.02. The van der Waals surface area contributed by atoms with Crippen LogP contribution in [0.2, 0.25) is 0 Å². The molecule has 1 atom stereocenters. The lowest BCUT2D eigenvalue weighted by Crippen LogP contribution is -2.37. The Labute approximate surface area is 218 Å². The maximum atomic E-state index is 14.8. The summed E-state index contributed by atoms with van der Waals surface area (Å²) in [6.45, 7) is 3.99. The fraction of sp³-hybridized carbons (Fsp3) is 0.286. The van der Waals surface area contributed by atoms with Gasteiger partial charge in [0.2, 0.25) is 0 Å². The zero-order valence-electron chi connectivity index (χ0n) is 20.7. The zero-order chi connectivity index (χ0) is 26.3. The van der Waals surface area contributed by atoms with Crippen LogP contribution in [0.3, 0.4) is 0 Å². The highest BCUT2D eigenvalue weighted by atomic mass is 19.1. The van der Waals surface area contributed by atoms with Crippen LogP contribution in [0.25, 0.3) is 22.3 Å². The van der Waals surface area contributed by atoms with E-state index in [4.69, 9.17) is 14.7 Å². The lowest BCUT2D eigenvalue weighted by molar-refractivity contribution is 0.0730. The third kappa shape index (κ3) is 4.31. The number of aromatic nitrogens is 4. The first-order chi connectivity index (χ1) is 18.4. The number of amides is 1. The highest BCUT2D eigenvalue weighted by Crippen LogP contribution is 2.34. The molecule has 1 saturated heterocycles. The van der Waals surface area contributed by atoms with Crippen molar-refractivity contribution in [1.29, 1.82) is 5.26 Å². The van der Waals surface area contributed by atoms with Crippen molar-refractivity contribution in [2.75, 3.05) is 24.6 Å². The van der Waals surface area contributed by atoms with E-state index in [-0.39, 0.29) is 25.3 Å². The monoisotopic (exact) mass is 509 g/mol. The SMILES string of the molecule is C[C@@]1(C#N)COCc2c(F)cc(C(=O)NCc3cc4nc(-c5cncc(N6CCC6)n5)ccc4cn3)cc21. The van der Waals surface area contributed by atoms with Gasteiger partial charge in [-0.25, -0.2) is 14.4 Å². The summed E-state index contributed by atoms with van der Waals surface area (Å²) < 4.78 is 20.2. The second-order valence-electron chi connectivity index (χ2n) is 9.77. The smallest absolute Gasteiger partial charge is 0.251 e. The molecule has 1 N–H and O–H groups in total. The summed E-state index contributed by atoms with van der Waals surface area (Å²) in [5.74, 6) is -0.175. The summed E-state index contributed by atoms with van der Waals surface area (Å²) in [4.78, 5) is 33.3. The molecule has 2 aliphatic heterocycles. The van der Waals surface area contributed by atoms with Crippen molar-refractivity contribution in [2.24, 2.45) is 0 Å². The maximum Gasteiger partial charge on any atom is 0.251 e. The number of nitrogens with one attached hydrogen (secondary N) is 1. The van der Waals surface area contributed by atoms with Gasteiger partial charge in [-0.15, -0.1) is 0 Å². The molecule has 38 heavy (non-hydrogen) atoms. The molecule has 0 bridgehead atoms. The van der Waals surface area contributed by atoms with Crippen LogP contribution >= 0.6 is 0 Å². The van der Waals surface area contributed by atoms with Gasteiger partial charge in [-0.2, -0.15) is 5.26 Å². The van der Waals surface area contributed by atoms with Crippen molar-refractivity contribution in [3.05, 3.63) is 77.1 Å². The highest BCUT2D eigenvalue weighted by molar-refractivity contribution is 5.94. The molecule has 0 saturated carbocycles. The molecule has 5 heterocycles. The lowest BCUT2D eigenvalue weighted by atomic mass is 9.79. The number of nitrogens with zero attached hydrogens (tertiary/aromatic N) is 6. The fourth-order valence-electron chi connectivity index (χ4n) is 4.68. The maximum absolute atomic E-state index is 14.8. The third-order valence-electron chi connectivity index (χ3n) is 7.06. The van der Waals surface area contributed by atoms with Gasteiger partial charge in [0, 0.05) is 35.8 Å². The van der Waals surface area contributed by atoms with Crippen LogP contribution < -0.4 is 10.2 Å². The van der Waals surface area contributed by atoms with Crippen molar-refractivity contribution < 1.29 is 13.9 Å². The Morgan fingerprint density at radius 1 is 1.18 bits per heavy atom. The van der Waals surface area contributed by atoms with Crippen molar-refractivity contribution in [3.63, 3.8) is 0 Å². The van der Waals surface area contributed by atoms with Crippen molar-refractivity contribution >= 4 is 22.6 Å². The van der Waals surface area contributed by atoms with Gasteiger partial charge in [0.05, 0.1) is 55.1 Å². The van der Waals surface area contributed by atoms with Gasteiger partial charge in [0.1, 0.15) is 22.7 Å². The van der Waals surface area contributed by atoms with E-state index in [1.54, 1.807) is 31.6 Å². The van der Waals surface area contributed by atoms with Gasteiger partial charge in [0.15, 0.2) is 0 Å². The van der Waals surface area contributed by atoms with Crippen molar-refractivity contribution in [1.82, 2.24) is 25.3 Å². The normalized spacial score (nSPS) is 18.4. The minimum Gasteiger partial charge on any atom is -0.375 e. The lowest BCUT2D eigenvalue weighted by Gasteiger charge is -2.31. The van der Waals surface area contributed by atoms with Gasteiger partial charge >= 0.3 is 0 Å². The van der Waals surface area contributed by atoms with Gasteiger partial charge in [-0.3, -0.25) is 14.8 Å². The van der Waals surface area contributed by atoms with E-state index in [2.05, 4.69) is 26.3 Å². The van der Waals surface area contributed by atoms with Gasteiger partial charge in [-0.05, 0) is 49.2 Å². The molecule has 1 fully saturated rings. The minimum absolute atomic E-state index is 0.0739. The summed E-state index contributed by atoms with van der Waals surface area (Å²) in [6, 6.07) is 10.6. The van der Waals surface area contributed by atoms with E-state index in [1.807, 2.05) is 18.2 Å². The molecule has 1 aromatic carbocycles. The van der Waals surface area contributed by atoms with Gasteiger partial charge < -0.3 is 15.0 Å². The Hall–Kier alpha value is -4.49. The Kier molecular flexibility index (Phi) is 5.93. The van der Waals surface area contributed by atoms with E-state index in [0.29, 0.717) is 33.7 Å². The van der Waals surface area contributed by atoms with Crippen LogP contribution in [0.4, 0.5) is 10.2 Å².